The first-order chi connectivity index (χ1) is 10.7. The van der Waals surface area contributed by atoms with Crippen molar-refractivity contribution in [1.82, 2.24) is 9.97 Å². The van der Waals surface area contributed by atoms with Crippen LogP contribution in [0.1, 0.15) is 33.4 Å². The van der Waals surface area contributed by atoms with E-state index in [2.05, 4.69) is 28.7 Å². The van der Waals surface area contributed by atoms with Crippen molar-refractivity contribution in [3.63, 3.8) is 0 Å². The minimum Gasteiger partial charge on any atom is -0.485 e. The van der Waals surface area contributed by atoms with E-state index >= 15 is 0 Å². The molecule has 2 aliphatic heterocycles. The van der Waals surface area contributed by atoms with E-state index in [4.69, 9.17) is 21.1 Å². The van der Waals surface area contributed by atoms with Crippen LogP contribution in [0.25, 0.3) is 0 Å². The first-order valence-electron chi connectivity index (χ1n) is 7.66. The fourth-order valence-corrected chi connectivity index (χ4v) is 3.82. The first-order valence-corrected chi connectivity index (χ1v) is 9.74. The maximum absolute atomic E-state index is 12.2. The third kappa shape index (κ3) is 2.62. The van der Waals surface area contributed by atoms with Crippen molar-refractivity contribution >= 4 is 28.2 Å². The minimum absolute atomic E-state index is 0.147. The second-order valence-electron chi connectivity index (χ2n) is 7.07. The summed E-state index contributed by atoms with van der Waals surface area (Å²) in [4.78, 5) is 11.0. The lowest BCUT2D eigenvalue weighted by molar-refractivity contribution is 0.00703. The molecule has 128 valence electrons. The van der Waals surface area contributed by atoms with Crippen LogP contribution >= 0.6 is 11.6 Å². The molecular formula is C15H23ClN3O3S+. The third-order valence-electron chi connectivity index (χ3n) is 4.74. The highest BCUT2D eigenvalue weighted by atomic mass is 35.5. The van der Waals surface area contributed by atoms with E-state index in [1.165, 1.54) is 0 Å². The molecule has 1 fully saturated rings. The third-order valence-corrected chi connectivity index (χ3v) is 6.69. The second kappa shape index (κ2) is 5.57. The normalized spacial score (nSPS) is 28.6. The summed E-state index contributed by atoms with van der Waals surface area (Å²) in [5, 5.41) is 0.148. The van der Waals surface area contributed by atoms with Crippen LogP contribution in [0.3, 0.4) is 0 Å². The standard InChI is InChI=1S/C15H22ClN3O3S/c1-9-6-21-7-15(4)8-22-10-11(14(2,3)23(5)20)17-13(16)18-12(10)19(9)15/h9H,6-8H2,1-5H3/p+1/t9-,15?,23?/m1/s1. The number of rotatable bonds is 2. The van der Waals surface area contributed by atoms with E-state index in [9.17, 15) is 4.21 Å². The summed E-state index contributed by atoms with van der Waals surface area (Å²) in [6.07, 6.45) is 1.70. The summed E-state index contributed by atoms with van der Waals surface area (Å²) < 4.78 is 23.3. The molecule has 2 aliphatic rings. The number of hydrogen-bond donors (Lipinski definition) is 0. The van der Waals surface area contributed by atoms with Gasteiger partial charge >= 0.3 is 0 Å². The van der Waals surface area contributed by atoms with Crippen LogP contribution in [-0.4, -0.2) is 47.6 Å². The average molecular weight is 361 g/mol. The second-order valence-corrected chi connectivity index (χ2v) is 9.52. The Morgan fingerprint density at radius 1 is 1.39 bits per heavy atom. The van der Waals surface area contributed by atoms with E-state index in [1.807, 2.05) is 13.8 Å². The molecule has 0 radical (unpaired) electrons. The lowest BCUT2D eigenvalue weighted by Crippen LogP contribution is -2.64. The van der Waals surface area contributed by atoms with Crippen molar-refractivity contribution < 1.29 is 13.7 Å². The Labute approximate surface area is 144 Å². The summed E-state index contributed by atoms with van der Waals surface area (Å²) in [5.41, 5.74) is 0.315. The molecule has 2 unspecified atom stereocenters. The largest absolute Gasteiger partial charge is 0.485 e. The highest BCUT2D eigenvalue weighted by Gasteiger charge is 2.48. The molecule has 0 bridgehead atoms. The molecule has 3 atom stereocenters. The van der Waals surface area contributed by atoms with Gasteiger partial charge in [0.1, 0.15) is 18.6 Å². The Bertz CT molecular complexity index is 670. The quantitative estimate of drug-likeness (QED) is 0.457. The molecule has 8 heteroatoms. The molecule has 0 N–H and O–H groups in total. The number of morpholine rings is 1. The number of nitrogens with zero attached hydrogens (tertiary/aromatic N) is 3. The molecule has 1 aromatic heterocycles. The Morgan fingerprint density at radius 3 is 2.74 bits per heavy atom. The number of fused-ring (bicyclic) bond motifs is 3. The molecule has 0 spiro atoms. The van der Waals surface area contributed by atoms with Gasteiger partial charge in [-0.15, -0.1) is 4.21 Å². The van der Waals surface area contributed by atoms with Gasteiger partial charge in [0.15, 0.2) is 16.3 Å². The van der Waals surface area contributed by atoms with Gasteiger partial charge < -0.3 is 14.4 Å². The van der Waals surface area contributed by atoms with Gasteiger partial charge in [-0.25, -0.2) is 4.98 Å². The van der Waals surface area contributed by atoms with Crippen LogP contribution in [0.2, 0.25) is 5.28 Å². The SMILES string of the molecule is C[C@@H]1COCC2(C)COc3c(nc(Cl)nc3C(C)(C)[SH+](C)=O)N12. The zero-order chi connectivity index (χ0) is 17.0. The minimum atomic E-state index is -1.51. The molecule has 3 rings (SSSR count). The van der Waals surface area contributed by atoms with Crippen molar-refractivity contribution in [3.8, 4) is 5.75 Å². The van der Waals surface area contributed by atoms with Gasteiger partial charge in [0, 0.05) is 0 Å². The predicted molar refractivity (Wildman–Crippen MR) is 92.1 cm³/mol. The van der Waals surface area contributed by atoms with E-state index in [0.717, 1.165) is 0 Å². The molecule has 0 saturated carbocycles. The van der Waals surface area contributed by atoms with E-state index in [0.29, 0.717) is 37.1 Å². The van der Waals surface area contributed by atoms with Crippen molar-refractivity contribution in [2.75, 3.05) is 31.0 Å². The zero-order valence-electron chi connectivity index (χ0n) is 14.1. The number of thiol groups is 1. The van der Waals surface area contributed by atoms with Crippen molar-refractivity contribution in [2.45, 2.75) is 44.0 Å². The van der Waals surface area contributed by atoms with Gasteiger partial charge in [0.05, 0.1) is 35.6 Å². The Kier molecular flexibility index (Phi) is 4.09. The molecule has 6 nitrogen and oxygen atoms in total. The molecule has 23 heavy (non-hydrogen) atoms. The summed E-state index contributed by atoms with van der Waals surface area (Å²) in [5.74, 6) is 1.27. The number of ether oxygens (including phenoxy) is 2. The predicted octanol–water partition coefficient (Wildman–Crippen LogP) is 2.07. The van der Waals surface area contributed by atoms with Crippen molar-refractivity contribution in [3.05, 3.63) is 11.0 Å². The van der Waals surface area contributed by atoms with Crippen LogP contribution in [0.15, 0.2) is 0 Å². The summed E-state index contributed by atoms with van der Waals surface area (Å²) in [6, 6.07) is 0.147. The summed E-state index contributed by atoms with van der Waals surface area (Å²) >= 11 is 6.19. The molecule has 3 heterocycles. The van der Waals surface area contributed by atoms with Gasteiger partial charge in [-0.3, -0.25) is 0 Å². The topological polar surface area (TPSA) is 64.5 Å². The monoisotopic (exact) mass is 360 g/mol. The number of halogens is 1. The van der Waals surface area contributed by atoms with Crippen LogP contribution in [0, 0.1) is 0 Å². The van der Waals surface area contributed by atoms with E-state index in [1.54, 1.807) is 6.26 Å². The van der Waals surface area contributed by atoms with Gasteiger partial charge in [-0.05, 0) is 39.3 Å². The van der Waals surface area contributed by atoms with E-state index < -0.39 is 15.5 Å². The lowest BCUT2D eigenvalue weighted by atomic mass is 9.95. The van der Waals surface area contributed by atoms with E-state index in [-0.39, 0.29) is 16.9 Å². The average Bonchev–Trinajstić information content (AvgIpc) is 2.45. The first kappa shape index (κ1) is 16.9. The van der Waals surface area contributed by atoms with Gasteiger partial charge in [0.2, 0.25) is 5.28 Å². The Morgan fingerprint density at radius 2 is 2.09 bits per heavy atom. The molecule has 0 amide bonds. The maximum Gasteiger partial charge on any atom is 0.225 e. The highest BCUT2D eigenvalue weighted by molar-refractivity contribution is 7.85. The van der Waals surface area contributed by atoms with Crippen LogP contribution in [0.5, 0.6) is 5.75 Å². The maximum atomic E-state index is 12.2. The van der Waals surface area contributed by atoms with Gasteiger partial charge in [-0.2, -0.15) is 4.98 Å². The number of hydrogen-bond acceptors (Lipinski definition) is 6. The fraction of sp³-hybridized carbons (Fsp3) is 0.733. The zero-order valence-corrected chi connectivity index (χ0v) is 15.7. The van der Waals surface area contributed by atoms with Crippen LogP contribution < -0.4 is 9.64 Å². The molecule has 0 aromatic carbocycles. The molecule has 1 saturated heterocycles. The van der Waals surface area contributed by atoms with Crippen LogP contribution in [-0.2, 0) is 24.5 Å². The fourth-order valence-electron chi connectivity index (χ4n) is 3.20. The Balaban J connectivity index is 2.20. The van der Waals surface area contributed by atoms with Crippen molar-refractivity contribution in [1.29, 1.82) is 0 Å². The highest BCUT2D eigenvalue weighted by Crippen LogP contribution is 2.45. The van der Waals surface area contributed by atoms with Crippen LogP contribution in [0.4, 0.5) is 5.82 Å². The number of anilines is 1. The molecule has 1 aromatic rings. The van der Waals surface area contributed by atoms with Gasteiger partial charge in [0.25, 0.3) is 0 Å². The molecular weight excluding hydrogens is 338 g/mol. The summed E-state index contributed by atoms with van der Waals surface area (Å²) in [6.45, 7) is 9.63. The Hall–Kier alpha value is -0.920. The van der Waals surface area contributed by atoms with Gasteiger partial charge in [-0.1, -0.05) is 0 Å². The smallest absolute Gasteiger partial charge is 0.225 e. The lowest BCUT2D eigenvalue weighted by Gasteiger charge is -2.51. The van der Waals surface area contributed by atoms with Crippen molar-refractivity contribution in [2.24, 2.45) is 0 Å². The molecule has 0 aliphatic carbocycles. The summed E-state index contributed by atoms with van der Waals surface area (Å²) in [7, 11) is -1.51. The number of aromatic nitrogens is 2.